The molecule has 112 valence electrons. The molecule has 2 fully saturated rings. The van der Waals surface area contributed by atoms with Crippen molar-refractivity contribution in [3.63, 3.8) is 0 Å². The zero-order valence-corrected chi connectivity index (χ0v) is 12.9. The molecule has 3 rings (SSSR count). The highest BCUT2D eigenvalue weighted by atomic mass is 15.3. The van der Waals surface area contributed by atoms with Gasteiger partial charge in [-0.3, -0.25) is 0 Å². The molecule has 0 saturated heterocycles. The quantitative estimate of drug-likeness (QED) is 0.832. The summed E-state index contributed by atoms with van der Waals surface area (Å²) >= 11 is 0. The topological polar surface area (TPSA) is 42.7 Å². The van der Waals surface area contributed by atoms with Crippen LogP contribution in [0.15, 0.2) is 6.33 Å². The molecule has 2 aliphatic carbocycles. The van der Waals surface area contributed by atoms with Gasteiger partial charge in [-0.2, -0.15) is 5.10 Å². The van der Waals surface area contributed by atoms with Gasteiger partial charge in [0.2, 0.25) is 0 Å². The predicted molar refractivity (Wildman–Crippen MR) is 80.4 cm³/mol. The Bertz CT molecular complexity index is 422. The van der Waals surface area contributed by atoms with Crippen LogP contribution in [0.25, 0.3) is 0 Å². The van der Waals surface area contributed by atoms with E-state index in [9.17, 15) is 0 Å². The van der Waals surface area contributed by atoms with Crippen molar-refractivity contribution < 1.29 is 0 Å². The first kappa shape index (κ1) is 14.1. The zero-order valence-electron chi connectivity index (χ0n) is 12.9. The van der Waals surface area contributed by atoms with Crippen LogP contribution in [0, 0.1) is 17.8 Å². The smallest absolute Gasteiger partial charge is 0.138 e. The monoisotopic (exact) mass is 276 g/mol. The molecule has 0 aliphatic heterocycles. The largest absolute Gasteiger partial charge is 0.314 e. The summed E-state index contributed by atoms with van der Waals surface area (Å²) in [5, 5.41) is 8.11. The number of nitrogens with one attached hydrogen (secondary N) is 1. The summed E-state index contributed by atoms with van der Waals surface area (Å²) in [4.78, 5) is 4.51. The number of aromatic nitrogens is 3. The predicted octanol–water partition coefficient (Wildman–Crippen LogP) is 2.64. The molecule has 0 aromatic carbocycles. The molecule has 2 aliphatic rings. The summed E-state index contributed by atoms with van der Waals surface area (Å²) in [6, 6.07) is 0.834. The normalized spacial score (nSPS) is 26.6. The fourth-order valence-corrected chi connectivity index (χ4v) is 3.44. The van der Waals surface area contributed by atoms with Crippen LogP contribution >= 0.6 is 0 Å². The average molecular weight is 276 g/mol. The molecular weight excluding hydrogens is 248 g/mol. The highest BCUT2D eigenvalue weighted by Crippen LogP contribution is 2.34. The molecule has 0 bridgehead atoms. The van der Waals surface area contributed by atoms with E-state index < -0.39 is 0 Å². The minimum absolute atomic E-state index is 0.631. The van der Waals surface area contributed by atoms with E-state index in [2.05, 4.69) is 33.9 Å². The average Bonchev–Trinajstić information content (AvgIpc) is 2.98. The van der Waals surface area contributed by atoms with Crippen molar-refractivity contribution in [2.75, 3.05) is 6.54 Å². The highest BCUT2D eigenvalue weighted by molar-refractivity contribution is 4.93. The van der Waals surface area contributed by atoms with Crippen LogP contribution in [0.2, 0.25) is 0 Å². The number of nitrogens with zero attached hydrogens (tertiary/aromatic N) is 3. The lowest BCUT2D eigenvalue weighted by atomic mass is 9.92. The van der Waals surface area contributed by atoms with E-state index in [0.29, 0.717) is 5.92 Å². The van der Waals surface area contributed by atoms with Crippen LogP contribution in [0.4, 0.5) is 0 Å². The Morgan fingerprint density at radius 3 is 2.80 bits per heavy atom. The molecule has 2 atom stereocenters. The van der Waals surface area contributed by atoms with Crippen LogP contribution in [0.3, 0.4) is 0 Å². The van der Waals surface area contributed by atoms with Crippen molar-refractivity contribution >= 4 is 0 Å². The van der Waals surface area contributed by atoms with E-state index in [1.165, 1.54) is 44.5 Å². The second-order valence-electron chi connectivity index (χ2n) is 7.09. The molecule has 1 heterocycles. The molecule has 1 aromatic rings. The first-order chi connectivity index (χ1) is 9.72. The van der Waals surface area contributed by atoms with E-state index in [-0.39, 0.29) is 0 Å². The van der Waals surface area contributed by atoms with Gasteiger partial charge < -0.3 is 5.32 Å². The molecule has 0 spiro atoms. The highest BCUT2D eigenvalue weighted by Gasteiger charge is 2.30. The van der Waals surface area contributed by atoms with Gasteiger partial charge >= 0.3 is 0 Å². The third-order valence-electron chi connectivity index (χ3n) is 4.74. The van der Waals surface area contributed by atoms with E-state index in [1.807, 2.05) is 0 Å². The van der Waals surface area contributed by atoms with E-state index >= 15 is 0 Å². The Morgan fingerprint density at radius 2 is 2.05 bits per heavy atom. The maximum absolute atomic E-state index is 4.51. The third-order valence-corrected chi connectivity index (χ3v) is 4.74. The van der Waals surface area contributed by atoms with Crippen molar-refractivity contribution in [3.8, 4) is 0 Å². The van der Waals surface area contributed by atoms with Crippen LogP contribution in [0.1, 0.15) is 51.8 Å². The molecule has 0 amide bonds. The number of hydrogen-bond acceptors (Lipinski definition) is 3. The van der Waals surface area contributed by atoms with Crippen LogP contribution < -0.4 is 5.32 Å². The lowest BCUT2D eigenvalue weighted by molar-refractivity contribution is 0.348. The maximum atomic E-state index is 4.51. The summed E-state index contributed by atoms with van der Waals surface area (Å²) in [6.07, 6.45) is 9.77. The SMILES string of the molecule is CC(C)Cn1ncnc1CC1CCCC1CNC1CC1. The third kappa shape index (κ3) is 3.60. The summed E-state index contributed by atoms with van der Waals surface area (Å²) in [6.45, 7) is 6.69. The van der Waals surface area contributed by atoms with Gasteiger partial charge in [-0.05, 0) is 50.0 Å². The molecule has 0 radical (unpaired) electrons. The molecule has 2 unspecified atom stereocenters. The van der Waals surface area contributed by atoms with Crippen molar-refractivity contribution in [2.45, 2.75) is 65.0 Å². The minimum atomic E-state index is 0.631. The number of hydrogen-bond donors (Lipinski definition) is 1. The van der Waals surface area contributed by atoms with Gasteiger partial charge in [-0.15, -0.1) is 0 Å². The Kier molecular flexibility index (Phi) is 4.39. The molecule has 1 aromatic heterocycles. The number of rotatable bonds is 7. The Labute approximate surface area is 122 Å². The maximum Gasteiger partial charge on any atom is 0.138 e. The van der Waals surface area contributed by atoms with Gasteiger partial charge in [0.15, 0.2) is 0 Å². The Hall–Kier alpha value is -0.900. The Morgan fingerprint density at radius 1 is 1.25 bits per heavy atom. The molecule has 4 nitrogen and oxygen atoms in total. The summed E-state index contributed by atoms with van der Waals surface area (Å²) < 4.78 is 2.12. The van der Waals surface area contributed by atoms with Gasteiger partial charge in [0, 0.05) is 19.0 Å². The van der Waals surface area contributed by atoms with Crippen molar-refractivity contribution in [1.29, 1.82) is 0 Å². The minimum Gasteiger partial charge on any atom is -0.314 e. The first-order valence-corrected chi connectivity index (χ1v) is 8.32. The van der Waals surface area contributed by atoms with Crippen molar-refractivity contribution in [2.24, 2.45) is 17.8 Å². The Balaban J connectivity index is 1.56. The second kappa shape index (κ2) is 6.25. The van der Waals surface area contributed by atoms with Gasteiger partial charge in [0.1, 0.15) is 12.2 Å². The van der Waals surface area contributed by atoms with Gasteiger partial charge in [0.05, 0.1) is 0 Å². The van der Waals surface area contributed by atoms with Crippen LogP contribution in [-0.2, 0) is 13.0 Å². The summed E-state index contributed by atoms with van der Waals surface area (Å²) in [5.41, 5.74) is 0. The van der Waals surface area contributed by atoms with Crippen LogP contribution in [0.5, 0.6) is 0 Å². The molecule has 4 heteroatoms. The molecule has 1 N–H and O–H groups in total. The van der Waals surface area contributed by atoms with Crippen LogP contribution in [-0.4, -0.2) is 27.4 Å². The van der Waals surface area contributed by atoms with Gasteiger partial charge in [0.25, 0.3) is 0 Å². The lowest BCUT2D eigenvalue weighted by Gasteiger charge is -2.20. The van der Waals surface area contributed by atoms with Gasteiger partial charge in [-0.1, -0.05) is 20.3 Å². The molecular formula is C16H28N4. The van der Waals surface area contributed by atoms with E-state index in [4.69, 9.17) is 0 Å². The summed E-state index contributed by atoms with van der Waals surface area (Å²) in [5.74, 6) is 3.48. The van der Waals surface area contributed by atoms with E-state index in [1.54, 1.807) is 6.33 Å². The fourth-order valence-electron chi connectivity index (χ4n) is 3.44. The molecule has 20 heavy (non-hydrogen) atoms. The summed E-state index contributed by atoms with van der Waals surface area (Å²) in [7, 11) is 0. The van der Waals surface area contributed by atoms with Crippen molar-refractivity contribution in [3.05, 3.63) is 12.2 Å². The fraction of sp³-hybridized carbons (Fsp3) is 0.875. The zero-order chi connectivity index (χ0) is 13.9. The molecule has 2 saturated carbocycles. The lowest BCUT2D eigenvalue weighted by Crippen LogP contribution is -2.28. The first-order valence-electron chi connectivity index (χ1n) is 8.32. The van der Waals surface area contributed by atoms with Crippen molar-refractivity contribution in [1.82, 2.24) is 20.1 Å². The van der Waals surface area contributed by atoms with Gasteiger partial charge in [-0.25, -0.2) is 9.67 Å². The second-order valence-corrected chi connectivity index (χ2v) is 7.09. The van der Waals surface area contributed by atoms with E-state index in [0.717, 1.165) is 30.8 Å². The standard InChI is InChI=1S/C16H28N4/c1-12(2)10-20-16(18-11-19-20)8-13-4-3-5-14(13)9-17-15-6-7-15/h11-15,17H,3-10H2,1-2H3.